The molecule has 3 amide bonds. The predicted molar refractivity (Wildman–Crippen MR) is 57.1 cm³/mol. The molecular weight excluding hydrogens is 196 g/mol. The average molecular weight is 208 g/mol. The van der Waals surface area contributed by atoms with Crippen molar-refractivity contribution in [2.24, 2.45) is 5.73 Å². The number of hydrogen-bond acceptors (Lipinski definition) is 3. The van der Waals surface area contributed by atoms with Crippen LogP contribution in [0.2, 0.25) is 0 Å². The third kappa shape index (κ3) is 3.99. The molecular formula is C9H12N4O2. The van der Waals surface area contributed by atoms with Crippen LogP contribution in [0.5, 0.6) is 0 Å². The van der Waals surface area contributed by atoms with Crippen LogP contribution >= 0.6 is 0 Å². The Morgan fingerprint density at radius 3 is 2.33 bits per heavy atom. The maximum Gasteiger partial charge on any atom is 0.319 e. The molecule has 0 aliphatic carbocycles. The molecule has 0 unspecified atom stereocenters. The number of hydrogen-bond donors (Lipinski definition) is 4. The SMILES string of the molecule is NC(=O)CNC(=O)Nc1ccc(N)cc1. The lowest BCUT2D eigenvalue weighted by Crippen LogP contribution is -2.36. The molecule has 6 heteroatoms. The Bertz CT molecular complexity index is 361. The fraction of sp³-hybridized carbons (Fsp3) is 0.111. The highest BCUT2D eigenvalue weighted by molar-refractivity contribution is 5.92. The van der Waals surface area contributed by atoms with Crippen LogP contribution in [0.25, 0.3) is 0 Å². The first kappa shape index (κ1) is 10.8. The van der Waals surface area contributed by atoms with Gasteiger partial charge < -0.3 is 22.1 Å². The zero-order chi connectivity index (χ0) is 11.3. The lowest BCUT2D eigenvalue weighted by atomic mass is 10.3. The first-order valence-corrected chi connectivity index (χ1v) is 4.26. The number of anilines is 2. The molecule has 1 aromatic carbocycles. The van der Waals surface area contributed by atoms with Crippen molar-refractivity contribution < 1.29 is 9.59 Å². The van der Waals surface area contributed by atoms with E-state index in [1.165, 1.54) is 0 Å². The molecule has 0 aromatic heterocycles. The highest BCUT2D eigenvalue weighted by atomic mass is 16.2. The number of urea groups is 1. The number of carbonyl (C=O) groups excluding carboxylic acids is 2. The Balaban J connectivity index is 2.44. The number of nitrogens with two attached hydrogens (primary N) is 2. The number of carbonyl (C=O) groups is 2. The second-order valence-corrected chi connectivity index (χ2v) is 2.90. The molecule has 0 aliphatic heterocycles. The van der Waals surface area contributed by atoms with Crippen molar-refractivity contribution in [1.29, 1.82) is 0 Å². The summed E-state index contributed by atoms with van der Waals surface area (Å²) in [6.07, 6.45) is 0. The van der Waals surface area contributed by atoms with Gasteiger partial charge in [-0.3, -0.25) is 4.79 Å². The van der Waals surface area contributed by atoms with Gasteiger partial charge in [0.15, 0.2) is 0 Å². The maximum absolute atomic E-state index is 11.1. The van der Waals surface area contributed by atoms with Crippen LogP contribution in [0.4, 0.5) is 16.2 Å². The summed E-state index contributed by atoms with van der Waals surface area (Å²) in [6.45, 7) is -0.194. The van der Waals surface area contributed by atoms with E-state index in [1.54, 1.807) is 24.3 Å². The molecule has 0 saturated carbocycles. The smallest absolute Gasteiger partial charge is 0.319 e. The van der Waals surface area contributed by atoms with Gasteiger partial charge in [0, 0.05) is 11.4 Å². The van der Waals surface area contributed by atoms with Crippen LogP contribution in [0.1, 0.15) is 0 Å². The fourth-order valence-corrected chi connectivity index (χ4v) is 0.909. The van der Waals surface area contributed by atoms with E-state index in [-0.39, 0.29) is 6.54 Å². The molecule has 0 radical (unpaired) electrons. The molecule has 15 heavy (non-hydrogen) atoms. The maximum atomic E-state index is 11.1. The minimum absolute atomic E-state index is 0.194. The van der Waals surface area contributed by atoms with Gasteiger partial charge in [0.05, 0.1) is 6.54 Å². The van der Waals surface area contributed by atoms with Gasteiger partial charge in [-0.2, -0.15) is 0 Å². The molecule has 0 bridgehead atoms. The highest BCUT2D eigenvalue weighted by Gasteiger charge is 2.01. The minimum Gasteiger partial charge on any atom is -0.399 e. The number of nitrogen functional groups attached to an aromatic ring is 1. The van der Waals surface area contributed by atoms with Gasteiger partial charge >= 0.3 is 6.03 Å². The summed E-state index contributed by atoms with van der Waals surface area (Å²) in [4.78, 5) is 21.5. The first-order valence-electron chi connectivity index (χ1n) is 4.26. The molecule has 80 valence electrons. The summed E-state index contributed by atoms with van der Waals surface area (Å²) >= 11 is 0. The number of primary amides is 1. The van der Waals surface area contributed by atoms with E-state index in [1.807, 2.05) is 0 Å². The van der Waals surface area contributed by atoms with Gasteiger partial charge in [-0.05, 0) is 24.3 Å². The largest absolute Gasteiger partial charge is 0.399 e. The molecule has 1 aromatic rings. The minimum atomic E-state index is -0.595. The normalized spacial score (nSPS) is 9.33. The molecule has 0 fully saturated rings. The van der Waals surface area contributed by atoms with E-state index in [0.29, 0.717) is 11.4 Å². The summed E-state index contributed by atoms with van der Waals surface area (Å²) in [6, 6.07) is 6.13. The van der Waals surface area contributed by atoms with Crippen LogP contribution < -0.4 is 22.1 Å². The van der Waals surface area contributed by atoms with E-state index >= 15 is 0 Å². The van der Waals surface area contributed by atoms with E-state index in [2.05, 4.69) is 10.6 Å². The molecule has 0 atom stereocenters. The first-order chi connectivity index (χ1) is 7.08. The van der Waals surface area contributed by atoms with Gasteiger partial charge in [-0.1, -0.05) is 0 Å². The third-order valence-electron chi connectivity index (χ3n) is 1.59. The fourth-order valence-electron chi connectivity index (χ4n) is 0.909. The summed E-state index contributed by atoms with van der Waals surface area (Å²) in [5.74, 6) is -0.595. The van der Waals surface area contributed by atoms with Crippen molar-refractivity contribution in [1.82, 2.24) is 5.32 Å². The molecule has 1 rings (SSSR count). The predicted octanol–water partition coefficient (Wildman–Crippen LogP) is -0.124. The zero-order valence-corrected chi connectivity index (χ0v) is 7.99. The second-order valence-electron chi connectivity index (χ2n) is 2.90. The van der Waals surface area contributed by atoms with E-state index in [0.717, 1.165) is 0 Å². The lowest BCUT2D eigenvalue weighted by Gasteiger charge is -2.05. The average Bonchev–Trinajstić information content (AvgIpc) is 2.19. The Labute approximate surface area is 86.6 Å². The third-order valence-corrected chi connectivity index (χ3v) is 1.59. The van der Waals surface area contributed by atoms with Gasteiger partial charge in [0.1, 0.15) is 0 Å². The van der Waals surface area contributed by atoms with Crippen molar-refractivity contribution in [3.05, 3.63) is 24.3 Å². The van der Waals surface area contributed by atoms with Crippen molar-refractivity contribution >= 4 is 23.3 Å². The highest BCUT2D eigenvalue weighted by Crippen LogP contribution is 2.09. The summed E-state index contributed by atoms with van der Waals surface area (Å²) in [5, 5.41) is 4.80. The molecule has 6 N–H and O–H groups in total. The van der Waals surface area contributed by atoms with Crippen molar-refractivity contribution in [3.63, 3.8) is 0 Å². The van der Waals surface area contributed by atoms with E-state index in [9.17, 15) is 9.59 Å². The van der Waals surface area contributed by atoms with Crippen LogP contribution in [0.3, 0.4) is 0 Å². The summed E-state index contributed by atoms with van der Waals surface area (Å²) in [5.41, 5.74) is 11.5. The van der Waals surface area contributed by atoms with Crippen molar-refractivity contribution in [2.75, 3.05) is 17.6 Å². The van der Waals surface area contributed by atoms with Crippen molar-refractivity contribution in [2.45, 2.75) is 0 Å². The van der Waals surface area contributed by atoms with Gasteiger partial charge in [0.2, 0.25) is 5.91 Å². The van der Waals surface area contributed by atoms with Gasteiger partial charge in [0.25, 0.3) is 0 Å². The Morgan fingerprint density at radius 2 is 1.80 bits per heavy atom. The molecule has 0 heterocycles. The van der Waals surface area contributed by atoms with Crippen LogP contribution in [0.15, 0.2) is 24.3 Å². The zero-order valence-electron chi connectivity index (χ0n) is 7.99. The number of rotatable bonds is 3. The quantitative estimate of drug-likeness (QED) is 0.519. The number of amides is 3. The van der Waals surface area contributed by atoms with Crippen molar-refractivity contribution in [3.8, 4) is 0 Å². The number of nitrogens with one attached hydrogen (secondary N) is 2. The van der Waals surface area contributed by atoms with Crippen LogP contribution in [-0.4, -0.2) is 18.5 Å². The standard InChI is InChI=1S/C9H12N4O2/c10-6-1-3-7(4-2-6)13-9(15)12-5-8(11)14/h1-4H,5,10H2,(H2,11,14)(H2,12,13,15). The van der Waals surface area contributed by atoms with Crippen LogP contribution in [-0.2, 0) is 4.79 Å². The summed E-state index contributed by atoms with van der Waals surface area (Å²) in [7, 11) is 0. The van der Waals surface area contributed by atoms with Crippen LogP contribution in [0, 0.1) is 0 Å². The number of benzene rings is 1. The lowest BCUT2D eigenvalue weighted by molar-refractivity contribution is -0.117. The van der Waals surface area contributed by atoms with E-state index in [4.69, 9.17) is 11.5 Å². The molecule has 0 aliphatic rings. The monoisotopic (exact) mass is 208 g/mol. The summed E-state index contributed by atoms with van der Waals surface area (Å²) < 4.78 is 0. The molecule has 0 saturated heterocycles. The Kier molecular flexibility index (Phi) is 3.50. The Hall–Kier alpha value is -2.24. The topological polar surface area (TPSA) is 110 Å². The second kappa shape index (κ2) is 4.85. The Morgan fingerprint density at radius 1 is 1.20 bits per heavy atom. The van der Waals surface area contributed by atoms with Gasteiger partial charge in [-0.25, -0.2) is 4.79 Å². The van der Waals surface area contributed by atoms with Gasteiger partial charge in [-0.15, -0.1) is 0 Å². The molecule has 6 nitrogen and oxygen atoms in total. The van der Waals surface area contributed by atoms with E-state index < -0.39 is 11.9 Å². The molecule has 0 spiro atoms.